The van der Waals surface area contributed by atoms with Gasteiger partial charge in [0.05, 0.1) is 6.61 Å². The van der Waals surface area contributed by atoms with Gasteiger partial charge in [0.2, 0.25) is 0 Å². The number of nitrogens with two attached hydrogens (primary N) is 1. The van der Waals surface area contributed by atoms with Crippen molar-refractivity contribution in [1.29, 1.82) is 0 Å². The van der Waals surface area contributed by atoms with E-state index in [0.717, 1.165) is 32.2 Å². The lowest BCUT2D eigenvalue weighted by Gasteiger charge is -2.41. The van der Waals surface area contributed by atoms with Crippen molar-refractivity contribution in [3.63, 3.8) is 0 Å². The summed E-state index contributed by atoms with van der Waals surface area (Å²) >= 11 is 0. The van der Waals surface area contributed by atoms with Gasteiger partial charge in [0.15, 0.2) is 0 Å². The third kappa shape index (κ3) is 5.80. The number of rotatable bonds is 6. The van der Waals surface area contributed by atoms with E-state index in [1.165, 1.54) is 19.3 Å². The van der Waals surface area contributed by atoms with Crippen LogP contribution in [0.1, 0.15) is 47.0 Å². The molecule has 0 radical (unpaired) electrons. The lowest BCUT2D eigenvalue weighted by molar-refractivity contribution is 0.0857. The first kappa shape index (κ1) is 16.9. The molecule has 19 heavy (non-hydrogen) atoms. The van der Waals surface area contributed by atoms with Crippen LogP contribution in [0.5, 0.6) is 0 Å². The van der Waals surface area contributed by atoms with Crippen molar-refractivity contribution in [1.82, 2.24) is 4.90 Å². The molecule has 0 amide bonds. The summed E-state index contributed by atoms with van der Waals surface area (Å²) in [7, 11) is 2.19. The van der Waals surface area contributed by atoms with Crippen molar-refractivity contribution in [2.75, 3.05) is 33.4 Å². The van der Waals surface area contributed by atoms with Crippen LogP contribution in [0.3, 0.4) is 0 Å². The Bertz CT molecular complexity index is 250. The Morgan fingerprint density at radius 1 is 1.26 bits per heavy atom. The van der Waals surface area contributed by atoms with Gasteiger partial charge in [0.25, 0.3) is 0 Å². The standard InChI is InChI=1S/C16H34N2O/c1-6-19-10-9-18(5)12-13-11-14(16(2,3)4)7-8-15(13)17/h13-15H,6-12,17H2,1-5H3. The first-order valence-electron chi connectivity index (χ1n) is 7.86. The SMILES string of the molecule is CCOCCN(C)CC1CC(C(C)(C)C)CCC1N. The second-order valence-corrected chi connectivity index (χ2v) is 7.26. The number of nitrogens with zero attached hydrogens (tertiary/aromatic N) is 1. The summed E-state index contributed by atoms with van der Waals surface area (Å²) in [4.78, 5) is 2.38. The summed E-state index contributed by atoms with van der Waals surface area (Å²) in [5.41, 5.74) is 6.75. The molecule has 2 N–H and O–H groups in total. The van der Waals surface area contributed by atoms with Crippen molar-refractivity contribution in [2.45, 2.75) is 53.0 Å². The zero-order valence-electron chi connectivity index (χ0n) is 13.6. The predicted molar refractivity (Wildman–Crippen MR) is 82.3 cm³/mol. The second-order valence-electron chi connectivity index (χ2n) is 7.26. The van der Waals surface area contributed by atoms with Crippen LogP contribution in [0.2, 0.25) is 0 Å². The van der Waals surface area contributed by atoms with Gasteiger partial charge >= 0.3 is 0 Å². The highest BCUT2D eigenvalue weighted by Crippen LogP contribution is 2.39. The van der Waals surface area contributed by atoms with Crippen molar-refractivity contribution >= 4 is 0 Å². The fourth-order valence-corrected chi connectivity index (χ4v) is 3.14. The molecule has 0 spiro atoms. The molecule has 1 saturated carbocycles. The molecule has 0 aromatic carbocycles. The molecule has 0 bridgehead atoms. The maximum absolute atomic E-state index is 6.33. The van der Waals surface area contributed by atoms with Crippen molar-refractivity contribution < 1.29 is 4.74 Å². The molecule has 3 nitrogen and oxygen atoms in total. The average molecular weight is 270 g/mol. The molecule has 0 aliphatic heterocycles. The van der Waals surface area contributed by atoms with Gasteiger partial charge in [-0.15, -0.1) is 0 Å². The molecule has 0 aromatic rings. The van der Waals surface area contributed by atoms with Gasteiger partial charge < -0.3 is 15.4 Å². The second kappa shape index (κ2) is 7.61. The van der Waals surface area contributed by atoms with E-state index in [1.54, 1.807) is 0 Å². The number of likely N-dealkylation sites (N-methyl/N-ethyl adjacent to an activating group) is 1. The largest absolute Gasteiger partial charge is 0.380 e. The molecule has 1 rings (SSSR count). The zero-order chi connectivity index (χ0) is 14.5. The lowest BCUT2D eigenvalue weighted by Crippen LogP contribution is -2.44. The van der Waals surface area contributed by atoms with Gasteiger partial charge in [-0.3, -0.25) is 0 Å². The Labute approximate surface area is 119 Å². The van der Waals surface area contributed by atoms with Crippen LogP contribution in [0, 0.1) is 17.3 Å². The highest BCUT2D eigenvalue weighted by atomic mass is 16.5. The van der Waals surface area contributed by atoms with E-state index in [-0.39, 0.29) is 0 Å². The molecular formula is C16H34N2O. The molecule has 1 fully saturated rings. The average Bonchev–Trinajstić information content (AvgIpc) is 2.31. The molecule has 3 unspecified atom stereocenters. The number of hydrogen-bond acceptors (Lipinski definition) is 3. The van der Waals surface area contributed by atoms with Gasteiger partial charge in [-0.2, -0.15) is 0 Å². The fraction of sp³-hybridized carbons (Fsp3) is 1.00. The first-order chi connectivity index (χ1) is 8.84. The van der Waals surface area contributed by atoms with Crippen LogP contribution < -0.4 is 5.73 Å². The maximum Gasteiger partial charge on any atom is 0.0593 e. The topological polar surface area (TPSA) is 38.5 Å². The van der Waals surface area contributed by atoms with Crippen molar-refractivity contribution in [3.05, 3.63) is 0 Å². The quantitative estimate of drug-likeness (QED) is 0.754. The van der Waals surface area contributed by atoms with Gasteiger partial charge in [0, 0.05) is 25.7 Å². The molecule has 0 heterocycles. The van der Waals surface area contributed by atoms with Crippen LogP contribution in [0.15, 0.2) is 0 Å². The number of hydrogen-bond donors (Lipinski definition) is 1. The summed E-state index contributed by atoms with van der Waals surface area (Å²) in [5, 5.41) is 0. The van der Waals surface area contributed by atoms with Gasteiger partial charge in [-0.05, 0) is 50.5 Å². The van der Waals surface area contributed by atoms with Crippen molar-refractivity contribution in [2.24, 2.45) is 23.0 Å². The molecule has 1 aliphatic rings. The smallest absolute Gasteiger partial charge is 0.0593 e. The highest BCUT2D eigenvalue weighted by molar-refractivity contribution is 4.88. The highest BCUT2D eigenvalue weighted by Gasteiger charge is 2.34. The van der Waals surface area contributed by atoms with Gasteiger partial charge in [-0.1, -0.05) is 20.8 Å². The summed E-state index contributed by atoms with van der Waals surface area (Å²) in [6.45, 7) is 12.9. The van der Waals surface area contributed by atoms with Gasteiger partial charge in [-0.25, -0.2) is 0 Å². The molecule has 114 valence electrons. The predicted octanol–water partition coefficient (Wildman–Crippen LogP) is 2.74. The van der Waals surface area contributed by atoms with Crippen LogP contribution in [-0.2, 0) is 4.74 Å². The number of ether oxygens (including phenoxy) is 1. The lowest BCUT2D eigenvalue weighted by atomic mass is 9.67. The van der Waals surface area contributed by atoms with Crippen LogP contribution in [0.25, 0.3) is 0 Å². The normalized spacial score (nSPS) is 28.9. The molecule has 0 aromatic heterocycles. The minimum atomic E-state index is 0.383. The van der Waals surface area contributed by atoms with Crippen LogP contribution >= 0.6 is 0 Å². The third-order valence-corrected chi connectivity index (χ3v) is 4.63. The molecule has 3 atom stereocenters. The fourth-order valence-electron chi connectivity index (χ4n) is 3.14. The monoisotopic (exact) mass is 270 g/mol. The molecular weight excluding hydrogens is 236 g/mol. The molecule has 3 heteroatoms. The van der Waals surface area contributed by atoms with Crippen LogP contribution in [0.4, 0.5) is 0 Å². The van der Waals surface area contributed by atoms with Crippen LogP contribution in [-0.4, -0.2) is 44.3 Å². The Morgan fingerprint density at radius 2 is 1.95 bits per heavy atom. The summed E-state index contributed by atoms with van der Waals surface area (Å²) in [6.07, 6.45) is 3.76. The minimum absolute atomic E-state index is 0.383. The van der Waals surface area contributed by atoms with E-state index in [1.807, 2.05) is 6.92 Å². The maximum atomic E-state index is 6.33. The minimum Gasteiger partial charge on any atom is -0.380 e. The summed E-state index contributed by atoms with van der Waals surface area (Å²) in [5.74, 6) is 1.46. The van der Waals surface area contributed by atoms with Gasteiger partial charge in [0.1, 0.15) is 0 Å². The van der Waals surface area contributed by atoms with E-state index in [9.17, 15) is 0 Å². The first-order valence-corrected chi connectivity index (χ1v) is 7.86. The Kier molecular flexibility index (Phi) is 6.78. The van der Waals surface area contributed by atoms with E-state index >= 15 is 0 Å². The van der Waals surface area contributed by atoms with E-state index in [2.05, 4.69) is 32.7 Å². The Hall–Kier alpha value is -0.120. The Balaban J connectivity index is 2.41. The molecule has 1 aliphatic carbocycles. The zero-order valence-corrected chi connectivity index (χ0v) is 13.6. The summed E-state index contributed by atoms with van der Waals surface area (Å²) in [6, 6.07) is 0.383. The van der Waals surface area contributed by atoms with E-state index < -0.39 is 0 Å². The van der Waals surface area contributed by atoms with Crippen molar-refractivity contribution in [3.8, 4) is 0 Å². The van der Waals surface area contributed by atoms with E-state index in [0.29, 0.717) is 17.4 Å². The summed E-state index contributed by atoms with van der Waals surface area (Å²) < 4.78 is 5.42. The molecule has 0 saturated heterocycles. The third-order valence-electron chi connectivity index (χ3n) is 4.63. The Morgan fingerprint density at radius 3 is 2.53 bits per heavy atom. The van der Waals surface area contributed by atoms with E-state index in [4.69, 9.17) is 10.5 Å².